The molecule has 0 saturated carbocycles. The Morgan fingerprint density at radius 1 is 1.00 bits per heavy atom. The van der Waals surface area contributed by atoms with Crippen molar-refractivity contribution in [1.29, 1.82) is 0 Å². The van der Waals surface area contributed by atoms with Gasteiger partial charge >= 0.3 is 0 Å². The van der Waals surface area contributed by atoms with Gasteiger partial charge in [-0.25, -0.2) is 0 Å². The van der Waals surface area contributed by atoms with Gasteiger partial charge in [-0.2, -0.15) is 0 Å². The van der Waals surface area contributed by atoms with Crippen LogP contribution in [0.25, 0.3) is 16.6 Å². The summed E-state index contributed by atoms with van der Waals surface area (Å²) in [6.07, 6.45) is 1.68. The Balaban J connectivity index is 2.39. The van der Waals surface area contributed by atoms with E-state index in [-0.39, 0.29) is 5.43 Å². The average Bonchev–Trinajstić information content (AvgIpc) is 2.44. The Labute approximate surface area is 125 Å². The normalized spacial score (nSPS) is 10.9. The number of anilines is 1. The monoisotopic (exact) mass is 304 g/mol. The van der Waals surface area contributed by atoms with Crippen LogP contribution in [0.3, 0.4) is 0 Å². The minimum Gasteiger partial charge on any atom is -0.397 e. The molecule has 2 aromatic carbocycles. The summed E-state index contributed by atoms with van der Waals surface area (Å²) < 4.78 is 1.83. The molecule has 1 aromatic heterocycles. The Bertz CT molecular complexity index is 871. The van der Waals surface area contributed by atoms with Crippen molar-refractivity contribution in [3.05, 3.63) is 68.9 Å². The number of pyridine rings is 1. The smallest absolute Gasteiger partial charge is 0.189 e. The van der Waals surface area contributed by atoms with Gasteiger partial charge in [0.05, 0.1) is 26.9 Å². The zero-order chi connectivity index (χ0) is 14.3. The molecule has 0 bridgehead atoms. The summed E-state index contributed by atoms with van der Waals surface area (Å²) in [6.45, 7) is 0. The Morgan fingerprint density at radius 2 is 1.75 bits per heavy atom. The molecule has 0 amide bonds. The molecule has 1 heterocycles. The molecule has 0 spiro atoms. The lowest BCUT2D eigenvalue weighted by Crippen LogP contribution is -2.07. The lowest BCUT2D eigenvalue weighted by molar-refractivity contribution is 1.10. The maximum absolute atomic E-state index is 11.9. The molecule has 2 N–H and O–H groups in total. The lowest BCUT2D eigenvalue weighted by atomic mass is 10.2. The van der Waals surface area contributed by atoms with Crippen molar-refractivity contribution in [2.75, 3.05) is 5.73 Å². The third-order valence-corrected chi connectivity index (χ3v) is 3.76. The summed E-state index contributed by atoms with van der Waals surface area (Å²) >= 11 is 12.2. The number of hydrogen-bond acceptors (Lipinski definition) is 2. The molecule has 5 heteroatoms. The van der Waals surface area contributed by atoms with E-state index in [9.17, 15) is 4.79 Å². The number of para-hydroxylation sites is 1. The molecule has 3 aromatic rings. The van der Waals surface area contributed by atoms with Gasteiger partial charge in [0.15, 0.2) is 5.43 Å². The Kier molecular flexibility index (Phi) is 3.16. The van der Waals surface area contributed by atoms with Crippen LogP contribution in [0.5, 0.6) is 0 Å². The molecule has 3 nitrogen and oxygen atoms in total. The number of aromatic nitrogens is 1. The van der Waals surface area contributed by atoms with E-state index >= 15 is 0 Å². The molecule has 0 aliphatic heterocycles. The summed E-state index contributed by atoms with van der Waals surface area (Å²) in [5, 5.41) is 1.50. The Hall–Kier alpha value is -1.97. The molecular weight excluding hydrogens is 295 g/mol. The minimum atomic E-state index is -0.0325. The fourth-order valence-corrected chi connectivity index (χ4v) is 2.63. The standard InChI is InChI=1S/C15H10Cl2N2O/c16-10-7-11(17)14(8-12(10)18)19-6-5-15(20)9-3-1-2-4-13(9)19/h1-8H,18H2. The predicted molar refractivity (Wildman–Crippen MR) is 84.0 cm³/mol. The molecule has 0 unspecified atom stereocenters. The predicted octanol–water partition coefficient (Wildman–Crippen LogP) is 3.88. The summed E-state index contributed by atoms with van der Waals surface area (Å²) in [5.74, 6) is 0. The molecule has 3 rings (SSSR count). The number of nitrogen functional groups attached to an aromatic ring is 1. The minimum absolute atomic E-state index is 0.0325. The first-order valence-electron chi connectivity index (χ1n) is 5.93. The van der Waals surface area contributed by atoms with Crippen molar-refractivity contribution in [3.8, 4) is 5.69 Å². The second kappa shape index (κ2) is 4.85. The van der Waals surface area contributed by atoms with Gasteiger partial charge in [-0.15, -0.1) is 0 Å². The third kappa shape index (κ3) is 2.05. The first kappa shape index (κ1) is 13.0. The molecule has 0 aliphatic rings. The second-order valence-electron chi connectivity index (χ2n) is 4.39. The van der Waals surface area contributed by atoms with Crippen LogP contribution in [0.1, 0.15) is 0 Å². The van der Waals surface area contributed by atoms with E-state index in [0.29, 0.717) is 26.8 Å². The van der Waals surface area contributed by atoms with Gasteiger partial charge < -0.3 is 10.3 Å². The first-order valence-corrected chi connectivity index (χ1v) is 6.69. The molecule has 0 fully saturated rings. The van der Waals surface area contributed by atoms with Crippen LogP contribution in [0, 0.1) is 0 Å². The topological polar surface area (TPSA) is 48.0 Å². The van der Waals surface area contributed by atoms with E-state index in [4.69, 9.17) is 28.9 Å². The second-order valence-corrected chi connectivity index (χ2v) is 5.21. The van der Waals surface area contributed by atoms with E-state index < -0.39 is 0 Å². The maximum atomic E-state index is 11.9. The van der Waals surface area contributed by atoms with Gasteiger partial charge in [0.25, 0.3) is 0 Å². The third-order valence-electron chi connectivity index (χ3n) is 3.13. The lowest BCUT2D eigenvalue weighted by Gasteiger charge is -2.13. The highest BCUT2D eigenvalue weighted by Crippen LogP contribution is 2.30. The molecule has 100 valence electrons. The largest absolute Gasteiger partial charge is 0.397 e. The van der Waals surface area contributed by atoms with Crippen LogP contribution in [0.2, 0.25) is 10.0 Å². The number of halogens is 2. The van der Waals surface area contributed by atoms with Gasteiger partial charge in [0.1, 0.15) is 0 Å². The summed E-state index contributed by atoms with van der Waals surface area (Å²) in [5.41, 5.74) is 7.69. The van der Waals surface area contributed by atoms with E-state index in [2.05, 4.69) is 0 Å². The number of rotatable bonds is 1. The average molecular weight is 305 g/mol. The van der Waals surface area contributed by atoms with Gasteiger partial charge in [0, 0.05) is 17.6 Å². The molecule has 20 heavy (non-hydrogen) atoms. The van der Waals surface area contributed by atoms with E-state index in [1.54, 1.807) is 24.4 Å². The van der Waals surface area contributed by atoms with Crippen LogP contribution in [-0.4, -0.2) is 4.57 Å². The summed E-state index contributed by atoms with van der Waals surface area (Å²) in [4.78, 5) is 11.9. The van der Waals surface area contributed by atoms with E-state index in [1.807, 2.05) is 22.8 Å². The van der Waals surface area contributed by atoms with Crippen LogP contribution in [-0.2, 0) is 0 Å². The SMILES string of the molecule is Nc1cc(-n2ccc(=O)c3ccccc32)c(Cl)cc1Cl. The molecule has 0 aliphatic carbocycles. The maximum Gasteiger partial charge on any atom is 0.189 e. The number of fused-ring (bicyclic) bond motifs is 1. The van der Waals surface area contributed by atoms with Gasteiger partial charge in [-0.1, -0.05) is 35.3 Å². The van der Waals surface area contributed by atoms with Crippen LogP contribution >= 0.6 is 23.2 Å². The highest BCUT2D eigenvalue weighted by Gasteiger charge is 2.09. The number of nitrogens with two attached hydrogens (primary N) is 1. The number of benzene rings is 2. The van der Waals surface area contributed by atoms with Crippen LogP contribution < -0.4 is 11.2 Å². The highest BCUT2D eigenvalue weighted by molar-refractivity contribution is 6.37. The summed E-state index contributed by atoms with van der Waals surface area (Å²) in [6, 6.07) is 12.1. The van der Waals surface area contributed by atoms with Gasteiger partial charge in [-0.3, -0.25) is 4.79 Å². The number of nitrogens with zero attached hydrogens (tertiary/aromatic N) is 1. The van der Waals surface area contributed by atoms with E-state index in [0.717, 1.165) is 5.52 Å². The van der Waals surface area contributed by atoms with Crippen molar-refractivity contribution in [3.63, 3.8) is 0 Å². The summed E-state index contributed by atoms with van der Waals surface area (Å²) in [7, 11) is 0. The molecule has 0 atom stereocenters. The van der Waals surface area contributed by atoms with Gasteiger partial charge in [0.2, 0.25) is 0 Å². The fourth-order valence-electron chi connectivity index (χ4n) is 2.15. The van der Waals surface area contributed by atoms with Gasteiger partial charge in [-0.05, 0) is 24.3 Å². The zero-order valence-electron chi connectivity index (χ0n) is 10.3. The van der Waals surface area contributed by atoms with Crippen molar-refractivity contribution in [1.82, 2.24) is 4.57 Å². The van der Waals surface area contributed by atoms with Crippen LogP contribution in [0.15, 0.2) is 53.5 Å². The van der Waals surface area contributed by atoms with Crippen molar-refractivity contribution < 1.29 is 0 Å². The Morgan fingerprint density at radius 3 is 2.55 bits per heavy atom. The zero-order valence-corrected chi connectivity index (χ0v) is 11.8. The number of hydrogen-bond donors (Lipinski definition) is 1. The van der Waals surface area contributed by atoms with Crippen molar-refractivity contribution in [2.45, 2.75) is 0 Å². The van der Waals surface area contributed by atoms with E-state index in [1.165, 1.54) is 6.07 Å². The molecule has 0 saturated heterocycles. The van der Waals surface area contributed by atoms with Crippen molar-refractivity contribution in [2.24, 2.45) is 0 Å². The fraction of sp³-hybridized carbons (Fsp3) is 0. The highest BCUT2D eigenvalue weighted by atomic mass is 35.5. The quantitative estimate of drug-likeness (QED) is 0.694. The molecule has 0 radical (unpaired) electrons. The van der Waals surface area contributed by atoms with Crippen molar-refractivity contribution >= 4 is 39.8 Å². The first-order chi connectivity index (χ1) is 9.58. The molecular formula is C15H10Cl2N2O. The van der Waals surface area contributed by atoms with Crippen LogP contribution in [0.4, 0.5) is 5.69 Å².